The monoisotopic (exact) mass is 470 g/mol. The predicted molar refractivity (Wildman–Crippen MR) is 138 cm³/mol. The summed E-state index contributed by atoms with van der Waals surface area (Å²) in [6, 6.07) is 13.2. The molecular weight excluding hydrogens is 439 g/mol. The number of hydrogen-bond acceptors (Lipinski definition) is 3. The molecule has 1 fully saturated rings. The third-order valence-electron chi connectivity index (χ3n) is 7.75. The molecule has 6 heteroatoms. The fourth-order valence-electron chi connectivity index (χ4n) is 5.66. The molecule has 0 spiro atoms. The van der Waals surface area contributed by atoms with E-state index in [0.29, 0.717) is 13.1 Å². The van der Waals surface area contributed by atoms with Crippen LogP contribution in [0.5, 0.6) is 0 Å². The van der Waals surface area contributed by atoms with Gasteiger partial charge < -0.3 is 14.4 Å². The van der Waals surface area contributed by atoms with E-state index in [2.05, 4.69) is 57.8 Å². The number of halogens is 1. The Labute approximate surface area is 205 Å². The molecule has 180 valence electrons. The van der Waals surface area contributed by atoms with Gasteiger partial charge in [0, 0.05) is 67.8 Å². The number of allylic oxidation sites excluding steroid dienone is 3. The average molecular weight is 471 g/mol. The third kappa shape index (κ3) is 4.16. The van der Waals surface area contributed by atoms with Gasteiger partial charge in [-0.3, -0.25) is 9.69 Å². The van der Waals surface area contributed by atoms with Gasteiger partial charge in [-0.1, -0.05) is 24.3 Å². The van der Waals surface area contributed by atoms with Gasteiger partial charge in [0.15, 0.2) is 0 Å². The number of aryl methyl sites for hydroxylation is 1. The van der Waals surface area contributed by atoms with E-state index in [0.717, 1.165) is 56.7 Å². The van der Waals surface area contributed by atoms with Gasteiger partial charge in [-0.2, -0.15) is 0 Å². The van der Waals surface area contributed by atoms with Crippen LogP contribution in [0, 0.1) is 5.82 Å². The fraction of sp³-hybridized carbons (Fsp3) is 0.345. The van der Waals surface area contributed by atoms with Crippen LogP contribution >= 0.6 is 0 Å². The molecule has 0 N–H and O–H groups in total. The average Bonchev–Trinajstić information content (AvgIpc) is 2.96. The minimum atomic E-state index is -0.214. The van der Waals surface area contributed by atoms with Crippen LogP contribution in [0.2, 0.25) is 0 Å². The van der Waals surface area contributed by atoms with Crippen LogP contribution < -0.4 is 4.90 Å². The van der Waals surface area contributed by atoms with Crippen molar-refractivity contribution >= 4 is 22.5 Å². The first-order chi connectivity index (χ1) is 17.1. The van der Waals surface area contributed by atoms with Crippen molar-refractivity contribution in [3.63, 3.8) is 0 Å². The fourth-order valence-corrected chi connectivity index (χ4v) is 5.66. The van der Waals surface area contributed by atoms with Gasteiger partial charge in [0.05, 0.1) is 12.1 Å². The zero-order valence-corrected chi connectivity index (χ0v) is 20.2. The standard InChI is InChI=1S/C29H31FN4O/c1-31-27-6-3-14-33(23-4-2-5-23)19-26(27)25-12-11-24(18-28(25)31)34-17-16-32(20-29(34)35)15-13-21-7-9-22(30)10-8-21/h2,4-5,7-12,18H,3,6,13-17,19-20H2,1H3. The van der Waals surface area contributed by atoms with Crippen molar-refractivity contribution in [2.75, 3.05) is 37.6 Å². The van der Waals surface area contributed by atoms with Crippen LogP contribution in [-0.4, -0.2) is 53.0 Å². The Kier molecular flexibility index (Phi) is 5.69. The first kappa shape index (κ1) is 22.1. The minimum absolute atomic E-state index is 0.139. The van der Waals surface area contributed by atoms with E-state index in [-0.39, 0.29) is 11.7 Å². The number of benzene rings is 2. The van der Waals surface area contributed by atoms with Gasteiger partial charge in [0.25, 0.3) is 0 Å². The maximum Gasteiger partial charge on any atom is 0.241 e. The predicted octanol–water partition coefficient (Wildman–Crippen LogP) is 4.41. The van der Waals surface area contributed by atoms with Gasteiger partial charge in [-0.25, -0.2) is 4.39 Å². The molecule has 1 aromatic heterocycles. The van der Waals surface area contributed by atoms with E-state index in [1.165, 1.54) is 40.0 Å². The van der Waals surface area contributed by atoms with Crippen LogP contribution in [0.25, 0.3) is 10.9 Å². The molecular formula is C29H31FN4O. The van der Waals surface area contributed by atoms with E-state index in [1.807, 2.05) is 17.0 Å². The number of nitrogens with zero attached hydrogens (tertiary/aromatic N) is 4. The lowest BCUT2D eigenvalue weighted by molar-refractivity contribution is -0.121. The van der Waals surface area contributed by atoms with Crippen molar-refractivity contribution < 1.29 is 9.18 Å². The Morgan fingerprint density at radius 2 is 1.83 bits per heavy atom. The van der Waals surface area contributed by atoms with E-state index in [4.69, 9.17) is 0 Å². The number of rotatable bonds is 5. The molecule has 1 amide bonds. The Hall–Kier alpha value is -3.38. The number of piperazine rings is 1. The lowest BCUT2D eigenvalue weighted by Crippen LogP contribution is -2.50. The summed E-state index contributed by atoms with van der Waals surface area (Å²) in [6.07, 6.45) is 9.54. The molecule has 2 aromatic carbocycles. The van der Waals surface area contributed by atoms with Gasteiger partial charge in [-0.05, 0) is 61.2 Å². The number of carbonyl (C=O) groups is 1. The molecule has 35 heavy (non-hydrogen) atoms. The van der Waals surface area contributed by atoms with E-state index in [9.17, 15) is 9.18 Å². The second-order valence-corrected chi connectivity index (χ2v) is 9.86. The second kappa shape index (κ2) is 9.00. The summed E-state index contributed by atoms with van der Waals surface area (Å²) in [4.78, 5) is 19.7. The topological polar surface area (TPSA) is 31.7 Å². The van der Waals surface area contributed by atoms with Crippen LogP contribution in [0.4, 0.5) is 10.1 Å². The smallest absolute Gasteiger partial charge is 0.241 e. The highest BCUT2D eigenvalue weighted by molar-refractivity contribution is 5.98. The Morgan fingerprint density at radius 3 is 2.57 bits per heavy atom. The number of anilines is 1. The van der Waals surface area contributed by atoms with Gasteiger partial charge >= 0.3 is 0 Å². The molecule has 0 saturated carbocycles. The van der Waals surface area contributed by atoms with Gasteiger partial charge in [-0.15, -0.1) is 0 Å². The quantitative estimate of drug-likeness (QED) is 0.554. The molecule has 5 nitrogen and oxygen atoms in total. The third-order valence-corrected chi connectivity index (χ3v) is 7.75. The number of fused-ring (bicyclic) bond motifs is 3. The lowest BCUT2D eigenvalue weighted by Gasteiger charge is -2.34. The lowest BCUT2D eigenvalue weighted by atomic mass is 10.1. The highest BCUT2D eigenvalue weighted by Crippen LogP contribution is 2.34. The summed E-state index contributed by atoms with van der Waals surface area (Å²) in [5.41, 5.74) is 7.45. The van der Waals surface area contributed by atoms with E-state index >= 15 is 0 Å². The summed E-state index contributed by atoms with van der Waals surface area (Å²) in [5.74, 6) is -0.0743. The van der Waals surface area contributed by atoms with Crippen LogP contribution in [0.15, 0.2) is 66.4 Å². The van der Waals surface area contributed by atoms with Crippen molar-refractivity contribution in [3.8, 4) is 0 Å². The Morgan fingerprint density at radius 1 is 1.00 bits per heavy atom. The highest BCUT2D eigenvalue weighted by Gasteiger charge is 2.27. The van der Waals surface area contributed by atoms with Crippen molar-refractivity contribution in [1.82, 2.24) is 14.4 Å². The maximum atomic E-state index is 13.1. The first-order valence-electron chi connectivity index (χ1n) is 12.6. The normalized spacial score (nSPS) is 18.5. The zero-order chi connectivity index (χ0) is 23.9. The van der Waals surface area contributed by atoms with Crippen molar-refractivity contribution in [3.05, 3.63) is 89.0 Å². The molecule has 0 radical (unpaired) electrons. The summed E-state index contributed by atoms with van der Waals surface area (Å²) in [5, 5.41) is 1.30. The van der Waals surface area contributed by atoms with Crippen molar-refractivity contribution in [1.29, 1.82) is 0 Å². The molecule has 1 aliphatic carbocycles. The zero-order valence-electron chi connectivity index (χ0n) is 20.2. The van der Waals surface area contributed by atoms with E-state index < -0.39 is 0 Å². The molecule has 0 atom stereocenters. The number of hydrogen-bond donors (Lipinski definition) is 0. The van der Waals surface area contributed by atoms with Gasteiger partial charge in [0.1, 0.15) is 5.82 Å². The summed E-state index contributed by atoms with van der Waals surface area (Å²) < 4.78 is 15.5. The molecule has 3 heterocycles. The Bertz CT molecular complexity index is 1340. The summed E-state index contributed by atoms with van der Waals surface area (Å²) >= 11 is 0. The first-order valence-corrected chi connectivity index (χ1v) is 12.6. The van der Waals surface area contributed by atoms with E-state index in [1.54, 1.807) is 0 Å². The van der Waals surface area contributed by atoms with Gasteiger partial charge in [0.2, 0.25) is 5.91 Å². The maximum absolute atomic E-state index is 13.1. The van der Waals surface area contributed by atoms with Crippen molar-refractivity contribution in [2.24, 2.45) is 7.05 Å². The summed E-state index contributed by atoms with van der Waals surface area (Å²) in [6.45, 7) is 4.77. The molecule has 1 saturated heterocycles. The van der Waals surface area contributed by atoms with Crippen molar-refractivity contribution in [2.45, 2.75) is 25.8 Å². The number of aromatic nitrogens is 1. The largest absolute Gasteiger partial charge is 0.367 e. The Balaban J connectivity index is 1.17. The molecule has 2 aliphatic heterocycles. The molecule has 6 rings (SSSR count). The van der Waals surface area contributed by atoms with Crippen LogP contribution in [0.3, 0.4) is 0 Å². The minimum Gasteiger partial charge on any atom is -0.367 e. The SMILES string of the molecule is Cn1c2c(c3ccc(N4CCN(CCc5ccc(F)cc5)CC4=O)cc31)CN(C1=CC=C1)CCC2. The molecule has 3 aliphatic rings. The number of carbonyl (C=O) groups excluding carboxylic acids is 1. The van der Waals surface area contributed by atoms with Crippen LogP contribution in [-0.2, 0) is 31.2 Å². The molecule has 0 bridgehead atoms. The van der Waals surface area contributed by atoms with Crippen LogP contribution in [0.1, 0.15) is 23.2 Å². The molecule has 3 aromatic rings. The molecule has 0 unspecified atom stereocenters. The summed E-state index contributed by atoms with van der Waals surface area (Å²) in [7, 11) is 2.17. The highest BCUT2D eigenvalue weighted by atomic mass is 19.1. The second-order valence-electron chi connectivity index (χ2n) is 9.86. The number of amides is 1.